The van der Waals surface area contributed by atoms with Crippen molar-refractivity contribution in [2.24, 2.45) is 0 Å². The van der Waals surface area contributed by atoms with Crippen molar-refractivity contribution in [1.29, 1.82) is 0 Å². The molecule has 1 N–H and O–H groups in total. The second-order valence-corrected chi connectivity index (χ2v) is 7.85. The highest BCUT2D eigenvalue weighted by molar-refractivity contribution is 7.89. The fraction of sp³-hybridized carbons (Fsp3) is 0.562. The molecule has 1 aliphatic heterocycles. The van der Waals surface area contributed by atoms with E-state index in [1.54, 1.807) is 6.92 Å². The molecule has 1 aromatic rings. The molecule has 1 heterocycles. The van der Waals surface area contributed by atoms with Crippen molar-refractivity contribution >= 4 is 15.9 Å². The molecule has 8 heteroatoms. The van der Waals surface area contributed by atoms with Crippen molar-refractivity contribution in [3.05, 3.63) is 29.6 Å². The van der Waals surface area contributed by atoms with Crippen LogP contribution in [0, 0.1) is 5.82 Å². The van der Waals surface area contributed by atoms with Crippen LogP contribution < -0.4 is 5.32 Å². The molecule has 2 rings (SSSR count). The summed E-state index contributed by atoms with van der Waals surface area (Å²) in [5.74, 6) is -1.31. The number of sulfonamides is 1. The number of piperidine rings is 1. The Kier molecular flexibility index (Phi) is 6.31. The number of ether oxygens (including phenoxy) is 1. The number of amides is 1. The smallest absolute Gasteiger partial charge is 0.251 e. The molecule has 134 valence electrons. The van der Waals surface area contributed by atoms with E-state index >= 15 is 0 Å². The van der Waals surface area contributed by atoms with Gasteiger partial charge in [-0.2, -0.15) is 4.31 Å². The van der Waals surface area contributed by atoms with Gasteiger partial charge >= 0.3 is 0 Å². The van der Waals surface area contributed by atoms with Gasteiger partial charge in [-0.1, -0.05) is 6.42 Å². The Labute approximate surface area is 142 Å². The van der Waals surface area contributed by atoms with E-state index in [1.807, 2.05) is 0 Å². The summed E-state index contributed by atoms with van der Waals surface area (Å²) in [5.41, 5.74) is 0.106. The third-order valence-electron chi connectivity index (χ3n) is 3.92. The molecule has 6 nitrogen and oxygen atoms in total. The second kappa shape index (κ2) is 8.04. The first-order valence-corrected chi connectivity index (χ1v) is 9.39. The van der Waals surface area contributed by atoms with Crippen molar-refractivity contribution in [3.8, 4) is 0 Å². The molecule has 0 bridgehead atoms. The Bertz CT molecular complexity index is 687. The molecule has 1 aromatic carbocycles. The summed E-state index contributed by atoms with van der Waals surface area (Å²) in [6.45, 7) is 2.84. The molecular formula is C16H23FN2O4S. The summed E-state index contributed by atoms with van der Waals surface area (Å²) in [6.07, 6.45) is 2.49. The molecule has 1 fully saturated rings. The second-order valence-electron chi connectivity index (χ2n) is 5.94. The topological polar surface area (TPSA) is 75.7 Å². The highest BCUT2D eigenvalue weighted by Crippen LogP contribution is 2.24. The zero-order valence-electron chi connectivity index (χ0n) is 13.9. The number of benzene rings is 1. The standard InChI is InChI=1S/C16H23FN2O4S/c1-12(11-23-2)18-16(20)13-6-7-14(17)15(10-13)24(21,22)19-8-4-3-5-9-19/h6-7,10,12H,3-5,8-9,11H2,1-2H3,(H,18,20). The van der Waals surface area contributed by atoms with E-state index in [9.17, 15) is 17.6 Å². The summed E-state index contributed by atoms with van der Waals surface area (Å²) in [6, 6.07) is 3.16. The summed E-state index contributed by atoms with van der Waals surface area (Å²) in [7, 11) is -2.42. The highest BCUT2D eigenvalue weighted by Gasteiger charge is 2.29. The third kappa shape index (κ3) is 4.31. The molecule has 1 saturated heterocycles. The van der Waals surface area contributed by atoms with E-state index in [0.717, 1.165) is 31.4 Å². The Morgan fingerprint density at radius 3 is 2.62 bits per heavy atom. The minimum atomic E-state index is -3.93. The van der Waals surface area contributed by atoms with Gasteiger partial charge in [0.2, 0.25) is 10.0 Å². The van der Waals surface area contributed by atoms with Crippen LogP contribution in [0.5, 0.6) is 0 Å². The molecule has 0 radical (unpaired) electrons. The molecule has 1 atom stereocenters. The first-order chi connectivity index (χ1) is 11.4. The monoisotopic (exact) mass is 358 g/mol. The SMILES string of the molecule is COCC(C)NC(=O)c1ccc(F)c(S(=O)(=O)N2CCCCC2)c1. The van der Waals surface area contributed by atoms with E-state index in [-0.39, 0.29) is 11.6 Å². The van der Waals surface area contributed by atoms with Crippen LogP contribution in [-0.2, 0) is 14.8 Å². The number of rotatable bonds is 6. The molecule has 1 unspecified atom stereocenters. The lowest BCUT2D eigenvalue weighted by Crippen LogP contribution is -2.37. The van der Waals surface area contributed by atoms with Crippen LogP contribution in [0.2, 0.25) is 0 Å². The number of carbonyl (C=O) groups excluding carboxylic acids is 1. The van der Waals surface area contributed by atoms with Crippen LogP contribution in [-0.4, -0.2) is 51.5 Å². The van der Waals surface area contributed by atoms with Crippen molar-refractivity contribution in [3.63, 3.8) is 0 Å². The number of carbonyl (C=O) groups is 1. The van der Waals surface area contributed by atoms with Crippen LogP contribution in [0.25, 0.3) is 0 Å². The Morgan fingerprint density at radius 1 is 1.33 bits per heavy atom. The quantitative estimate of drug-likeness (QED) is 0.841. The number of nitrogens with one attached hydrogen (secondary N) is 1. The Hall–Kier alpha value is -1.51. The molecular weight excluding hydrogens is 335 g/mol. The molecule has 0 aromatic heterocycles. The Morgan fingerprint density at radius 2 is 2.00 bits per heavy atom. The van der Waals surface area contributed by atoms with Gasteiger partial charge in [0.15, 0.2) is 0 Å². The fourth-order valence-corrected chi connectivity index (χ4v) is 4.29. The molecule has 0 spiro atoms. The number of methoxy groups -OCH3 is 1. The van der Waals surface area contributed by atoms with Crippen LogP contribution in [0.1, 0.15) is 36.5 Å². The molecule has 1 aliphatic rings. The number of nitrogens with zero attached hydrogens (tertiary/aromatic N) is 1. The first-order valence-electron chi connectivity index (χ1n) is 7.95. The predicted molar refractivity (Wildman–Crippen MR) is 87.8 cm³/mol. The van der Waals surface area contributed by atoms with E-state index in [1.165, 1.54) is 17.5 Å². The van der Waals surface area contributed by atoms with E-state index < -0.39 is 26.6 Å². The Balaban J connectivity index is 2.26. The summed E-state index contributed by atoms with van der Waals surface area (Å²) in [4.78, 5) is 11.8. The zero-order chi connectivity index (χ0) is 17.7. The van der Waals surface area contributed by atoms with Gasteiger partial charge in [-0.25, -0.2) is 12.8 Å². The third-order valence-corrected chi connectivity index (χ3v) is 5.83. The maximum Gasteiger partial charge on any atom is 0.251 e. The zero-order valence-corrected chi connectivity index (χ0v) is 14.7. The van der Waals surface area contributed by atoms with Crippen molar-refractivity contribution in [1.82, 2.24) is 9.62 Å². The van der Waals surface area contributed by atoms with Crippen molar-refractivity contribution in [2.45, 2.75) is 37.1 Å². The van der Waals surface area contributed by atoms with E-state index in [4.69, 9.17) is 4.74 Å². The van der Waals surface area contributed by atoms with Gasteiger partial charge in [0.05, 0.1) is 6.61 Å². The summed E-state index contributed by atoms with van der Waals surface area (Å²) in [5, 5.41) is 2.68. The van der Waals surface area contributed by atoms with Gasteiger partial charge in [0, 0.05) is 31.8 Å². The van der Waals surface area contributed by atoms with Crippen molar-refractivity contribution < 1.29 is 22.3 Å². The van der Waals surface area contributed by atoms with Gasteiger partial charge < -0.3 is 10.1 Å². The maximum absolute atomic E-state index is 14.1. The normalized spacial score (nSPS) is 17.5. The van der Waals surface area contributed by atoms with Gasteiger partial charge in [-0.15, -0.1) is 0 Å². The first kappa shape index (κ1) is 18.8. The lowest BCUT2D eigenvalue weighted by molar-refractivity contribution is 0.0905. The van der Waals surface area contributed by atoms with Crippen molar-refractivity contribution in [2.75, 3.05) is 26.8 Å². The number of hydrogen-bond acceptors (Lipinski definition) is 4. The largest absolute Gasteiger partial charge is 0.383 e. The molecule has 1 amide bonds. The van der Waals surface area contributed by atoms with Crippen LogP contribution in [0.15, 0.2) is 23.1 Å². The molecule has 0 aliphatic carbocycles. The molecule has 0 saturated carbocycles. The average Bonchev–Trinajstić information content (AvgIpc) is 2.56. The lowest BCUT2D eigenvalue weighted by atomic mass is 10.2. The minimum Gasteiger partial charge on any atom is -0.383 e. The lowest BCUT2D eigenvalue weighted by Gasteiger charge is -2.26. The van der Waals surface area contributed by atoms with Crippen LogP contribution in [0.3, 0.4) is 0 Å². The van der Waals surface area contributed by atoms with Gasteiger partial charge in [0.25, 0.3) is 5.91 Å². The van der Waals surface area contributed by atoms with Gasteiger partial charge in [0.1, 0.15) is 10.7 Å². The van der Waals surface area contributed by atoms with Crippen LogP contribution >= 0.6 is 0 Å². The van der Waals surface area contributed by atoms with Crippen LogP contribution in [0.4, 0.5) is 4.39 Å². The number of hydrogen-bond donors (Lipinski definition) is 1. The van der Waals surface area contributed by atoms with Gasteiger partial charge in [-0.05, 0) is 38.0 Å². The highest BCUT2D eigenvalue weighted by atomic mass is 32.2. The average molecular weight is 358 g/mol. The van der Waals surface area contributed by atoms with Gasteiger partial charge in [-0.3, -0.25) is 4.79 Å². The maximum atomic E-state index is 14.1. The number of halogens is 1. The summed E-state index contributed by atoms with van der Waals surface area (Å²) >= 11 is 0. The minimum absolute atomic E-state index is 0.106. The van der Waals surface area contributed by atoms with E-state index in [2.05, 4.69) is 5.32 Å². The fourth-order valence-electron chi connectivity index (χ4n) is 2.69. The summed E-state index contributed by atoms with van der Waals surface area (Å²) < 4.78 is 45.6. The molecule has 24 heavy (non-hydrogen) atoms. The van der Waals surface area contributed by atoms with E-state index in [0.29, 0.717) is 19.7 Å². The predicted octanol–water partition coefficient (Wildman–Crippen LogP) is 1.76.